The number of aliphatic hydroxyl groups excluding tert-OH is 9. The minimum absolute atomic E-state index is 0.0275. The minimum Gasteiger partial charge on any atom is -0.507 e. The molecule has 382 valence electrons. The molecule has 4 aliphatic rings. The van der Waals surface area contributed by atoms with Gasteiger partial charge in [0.15, 0.2) is 12.6 Å². The number of aromatic nitrogens is 3. The van der Waals surface area contributed by atoms with Crippen molar-refractivity contribution in [2.24, 2.45) is 5.73 Å². The molecule has 16 atom stereocenters. The molecule has 26 nitrogen and oxygen atoms in total. The molecule has 6 rings (SSSR count). The van der Waals surface area contributed by atoms with Crippen LogP contribution in [0.3, 0.4) is 0 Å². The van der Waals surface area contributed by atoms with Crippen molar-refractivity contribution in [3.63, 3.8) is 0 Å². The third-order valence-corrected chi connectivity index (χ3v) is 12.7. The third kappa shape index (κ3) is 12.1. The first-order valence-electron chi connectivity index (χ1n) is 22.4. The van der Waals surface area contributed by atoms with E-state index in [9.17, 15) is 70.6 Å². The third-order valence-electron chi connectivity index (χ3n) is 12.7. The molecule has 0 bridgehead atoms. The summed E-state index contributed by atoms with van der Waals surface area (Å²) in [6, 6.07) is 1.12. The molecule has 0 unspecified atom stereocenters. The van der Waals surface area contributed by atoms with Crippen molar-refractivity contribution in [2.45, 2.75) is 162 Å². The second kappa shape index (κ2) is 23.2. The standard InChI is InChI=1S/C42H64N6O20/c1-18-10-21(11-19(2)29(18)53)38(60)44-13-24(51)30(54)37-28(45-27(52)15-48-14-22(46-47-48)20-6-4-3-5-7-20)23(50)12-42(68-37,41(61)62)64-17-26-31(55)32(56)34(58)40(66-26)67-36-25(16-49)65-39(63-9-8-43)35(59)33(36)57/h10-11,14,20,23-26,28,30-37,39-40,49-51,53-59H,3-9,12-13,15-17,43H2,1-2H3,(H,44,60)(H,45,52)(H,61,62)/t23-,24+,25+,26+,28+,30+,31-,32-,33+,34+,35+,36+,37+,39+,40-,42+/m0/s1. The molecule has 0 radical (unpaired) electrons. The van der Waals surface area contributed by atoms with Crippen molar-refractivity contribution in [2.75, 3.05) is 32.9 Å². The summed E-state index contributed by atoms with van der Waals surface area (Å²) >= 11 is 0. The molecule has 3 aliphatic heterocycles. The van der Waals surface area contributed by atoms with Gasteiger partial charge >= 0.3 is 5.97 Å². The first-order valence-corrected chi connectivity index (χ1v) is 22.4. The van der Waals surface area contributed by atoms with Gasteiger partial charge in [0.25, 0.3) is 11.7 Å². The van der Waals surface area contributed by atoms with Gasteiger partial charge in [0, 0.05) is 37.2 Å². The lowest BCUT2D eigenvalue weighted by Gasteiger charge is -2.48. The normalized spacial score (nSPS) is 34.5. The summed E-state index contributed by atoms with van der Waals surface area (Å²) in [7, 11) is 0. The van der Waals surface area contributed by atoms with Crippen LogP contribution < -0.4 is 16.4 Å². The number of aromatic hydroxyl groups is 1. The Morgan fingerprint density at radius 1 is 0.941 bits per heavy atom. The number of hydrogen-bond donors (Lipinski definition) is 14. The molecule has 68 heavy (non-hydrogen) atoms. The van der Waals surface area contributed by atoms with E-state index in [1.54, 1.807) is 20.0 Å². The predicted octanol–water partition coefficient (Wildman–Crippen LogP) is -5.16. The predicted molar refractivity (Wildman–Crippen MR) is 226 cm³/mol. The summed E-state index contributed by atoms with van der Waals surface area (Å²) < 4.78 is 35.0. The molecule has 1 aliphatic carbocycles. The number of carbonyl (C=O) groups is 3. The molecule has 1 aromatic carbocycles. The van der Waals surface area contributed by atoms with Crippen molar-refractivity contribution in [1.82, 2.24) is 25.6 Å². The van der Waals surface area contributed by atoms with Crippen LogP contribution in [-0.4, -0.2) is 220 Å². The number of carbonyl (C=O) groups excluding carboxylic acids is 2. The second-order valence-corrected chi connectivity index (χ2v) is 17.7. The summed E-state index contributed by atoms with van der Waals surface area (Å²) in [4.78, 5) is 39.8. The number of carboxylic acids is 1. The maximum Gasteiger partial charge on any atom is 0.364 e. The molecule has 0 spiro atoms. The first-order chi connectivity index (χ1) is 32.3. The van der Waals surface area contributed by atoms with Crippen LogP contribution in [0.1, 0.15) is 71.6 Å². The Kier molecular flexibility index (Phi) is 18.2. The second-order valence-electron chi connectivity index (χ2n) is 17.7. The van der Waals surface area contributed by atoms with Crippen LogP contribution in [0, 0.1) is 13.8 Å². The van der Waals surface area contributed by atoms with Gasteiger partial charge in [-0.15, -0.1) is 5.10 Å². The van der Waals surface area contributed by atoms with Crippen LogP contribution in [0.2, 0.25) is 0 Å². The summed E-state index contributed by atoms with van der Waals surface area (Å²) in [5.74, 6) is -6.26. The van der Waals surface area contributed by atoms with E-state index in [1.165, 1.54) is 16.8 Å². The Hall–Kier alpha value is -4.07. The Balaban J connectivity index is 1.19. The topological polar surface area (TPSA) is 410 Å². The molecular weight excluding hydrogens is 908 g/mol. The average Bonchev–Trinajstić information content (AvgIpc) is 3.79. The van der Waals surface area contributed by atoms with Crippen LogP contribution in [-0.2, 0) is 44.6 Å². The van der Waals surface area contributed by atoms with Crippen LogP contribution >= 0.6 is 0 Å². The summed E-state index contributed by atoms with van der Waals surface area (Å²) in [6.07, 6.45) is -20.5. The van der Waals surface area contributed by atoms with Gasteiger partial charge in [-0.1, -0.05) is 24.5 Å². The maximum atomic E-state index is 13.5. The van der Waals surface area contributed by atoms with Crippen LogP contribution in [0.5, 0.6) is 5.75 Å². The fourth-order valence-electron chi connectivity index (χ4n) is 8.88. The fraction of sp³-hybridized carbons (Fsp3) is 0.738. The van der Waals surface area contributed by atoms with E-state index in [1.807, 2.05) is 0 Å². The number of hydrogen-bond acceptors (Lipinski definition) is 22. The highest BCUT2D eigenvalue weighted by Crippen LogP contribution is 2.36. The number of aliphatic hydroxyl groups is 9. The van der Waals surface area contributed by atoms with Crippen molar-refractivity contribution in [1.29, 1.82) is 0 Å². The molecule has 26 heteroatoms. The zero-order valence-corrected chi connectivity index (χ0v) is 37.5. The van der Waals surface area contributed by atoms with E-state index in [-0.39, 0.29) is 30.4 Å². The minimum atomic E-state index is -2.96. The van der Waals surface area contributed by atoms with Crippen LogP contribution in [0.4, 0.5) is 0 Å². The van der Waals surface area contributed by atoms with Gasteiger partial charge in [-0.05, 0) is 49.9 Å². The number of amides is 2. The monoisotopic (exact) mass is 972 g/mol. The molecule has 1 aromatic heterocycles. The Labute approximate surface area is 389 Å². The highest BCUT2D eigenvalue weighted by atomic mass is 16.8. The molecule has 3 saturated heterocycles. The number of carboxylic acid groups (broad SMARTS) is 1. The summed E-state index contributed by atoms with van der Waals surface area (Å²) in [5.41, 5.74) is 7.00. The SMILES string of the molecule is Cc1cc(C(=O)NC[C@@H](O)[C@@H](O)[C@@H]2O[C@@](OC[C@H]3O[C@@H](O[C@H]4[C@H](O)[C@@H](O)[C@H](OCCN)O[C@@H]4CO)[C@H](O)[C@@H](O)[C@H]3O)(C(=O)O)C[C@H](O)[C@H]2NC(=O)Cn2cc(C3CCCCC3)nn2)cc(C)c1O. The van der Waals surface area contributed by atoms with E-state index in [0.29, 0.717) is 16.8 Å². The number of nitrogens with one attached hydrogen (secondary N) is 2. The summed E-state index contributed by atoms with van der Waals surface area (Å²) in [5, 5.41) is 133. The average molecular weight is 973 g/mol. The Bertz CT molecular complexity index is 1990. The maximum absolute atomic E-state index is 13.5. The highest BCUT2D eigenvalue weighted by Gasteiger charge is 2.57. The van der Waals surface area contributed by atoms with E-state index < -0.39 is 148 Å². The van der Waals surface area contributed by atoms with Gasteiger partial charge in [0.2, 0.25) is 5.91 Å². The van der Waals surface area contributed by atoms with E-state index in [2.05, 4.69) is 20.9 Å². The highest BCUT2D eigenvalue weighted by molar-refractivity contribution is 5.95. The van der Waals surface area contributed by atoms with Crippen molar-refractivity contribution >= 4 is 17.8 Å². The Morgan fingerprint density at radius 3 is 2.25 bits per heavy atom. The lowest BCUT2D eigenvalue weighted by molar-refractivity contribution is -0.367. The zero-order chi connectivity index (χ0) is 49.6. The molecule has 2 amide bonds. The molecule has 1 saturated carbocycles. The number of phenols is 1. The molecule has 4 fully saturated rings. The van der Waals surface area contributed by atoms with Crippen LogP contribution in [0.25, 0.3) is 0 Å². The number of aliphatic carboxylic acids is 1. The van der Waals surface area contributed by atoms with Gasteiger partial charge in [0.05, 0.1) is 43.8 Å². The van der Waals surface area contributed by atoms with Gasteiger partial charge in [-0.2, -0.15) is 0 Å². The lowest BCUT2D eigenvalue weighted by atomic mass is 9.87. The number of ether oxygens (including phenoxy) is 6. The number of benzene rings is 1. The van der Waals surface area contributed by atoms with Crippen molar-refractivity contribution < 1.29 is 99.0 Å². The molecule has 15 N–H and O–H groups in total. The zero-order valence-electron chi connectivity index (χ0n) is 37.5. The van der Waals surface area contributed by atoms with Crippen LogP contribution in [0.15, 0.2) is 18.3 Å². The quantitative estimate of drug-likeness (QED) is 0.0626. The molecular formula is C42H64N6O20. The Morgan fingerprint density at radius 2 is 1.60 bits per heavy atom. The molecule has 4 heterocycles. The number of nitrogens with two attached hydrogens (primary N) is 1. The van der Waals surface area contributed by atoms with Gasteiger partial charge in [0.1, 0.15) is 73.3 Å². The van der Waals surface area contributed by atoms with Gasteiger partial charge < -0.3 is 101 Å². The number of phenolic OH excluding ortho intramolecular Hbond substituents is 1. The fourth-order valence-corrected chi connectivity index (χ4v) is 8.88. The van der Waals surface area contributed by atoms with E-state index in [0.717, 1.165) is 32.1 Å². The van der Waals surface area contributed by atoms with E-state index in [4.69, 9.17) is 34.2 Å². The first kappa shape index (κ1) is 53.3. The van der Waals surface area contributed by atoms with Crippen molar-refractivity contribution in [3.05, 3.63) is 40.7 Å². The number of aryl methyl sites for hydroxylation is 2. The number of nitrogens with zero attached hydrogens (tertiary/aromatic N) is 3. The van der Waals surface area contributed by atoms with Gasteiger partial charge in [-0.25, -0.2) is 9.48 Å². The molecule has 2 aromatic rings. The van der Waals surface area contributed by atoms with E-state index >= 15 is 0 Å². The summed E-state index contributed by atoms with van der Waals surface area (Å²) in [6.45, 7) is 0.128. The largest absolute Gasteiger partial charge is 0.507 e. The number of rotatable bonds is 19. The smallest absolute Gasteiger partial charge is 0.364 e. The van der Waals surface area contributed by atoms with Gasteiger partial charge in [-0.3, -0.25) is 9.59 Å². The lowest BCUT2D eigenvalue weighted by Crippen LogP contribution is -2.69. The van der Waals surface area contributed by atoms with Crippen molar-refractivity contribution in [3.8, 4) is 5.75 Å².